The van der Waals surface area contributed by atoms with Crippen LogP contribution in [0.3, 0.4) is 0 Å². The Balaban J connectivity index is 4.13. The first kappa shape index (κ1) is 13.9. The van der Waals surface area contributed by atoms with E-state index in [0.717, 1.165) is 26.1 Å². The van der Waals surface area contributed by atoms with E-state index in [9.17, 15) is 0 Å². The first-order valence-electron chi connectivity index (χ1n) is 5.69. The molecule has 0 spiro atoms. The van der Waals surface area contributed by atoms with Crippen LogP contribution in [0, 0.1) is 0 Å². The van der Waals surface area contributed by atoms with Crippen LogP contribution in [0.2, 0.25) is 0 Å². The van der Waals surface area contributed by atoms with E-state index >= 15 is 0 Å². The van der Waals surface area contributed by atoms with Crippen LogP contribution in [0.15, 0.2) is 0 Å². The van der Waals surface area contributed by atoms with E-state index in [1.807, 2.05) is 13.8 Å². The number of rotatable bonds is 8. The van der Waals surface area contributed by atoms with Gasteiger partial charge in [-0.05, 0) is 26.7 Å². The third kappa shape index (κ3) is 4.40. The van der Waals surface area contributed by atoms with Gasteiger partial charge in [-0.25, -0.2) is 0 Å². The zero-order valence-electron chi connectivity index (χ0n) is 9.95. The number of ether oxygens (including phenoxy) is 2. The highest BCUT2D eigenvalue weighted by molar-refractivity contribution is 4.80. The lowest BCUT2D eigenvalue weighted by molar-refractivity contribution is -0.0297. The molecule has 0 aliphatic carbocycles. The maximum Gasteiger partial charge on any atom is 0.0748 e. The molecular weight excluding hydrogens is 178 g/mol. The molecule has 0 saturated heterocycles. The Kier molecular flexibility index (Phi) is 8.14. The van der Waals surface area contributed by atoms with E-state index in [1.165, 1.54) is 0 Å². The van der Waals surface area contributed by atoms with Gasteiger partial charge in [-0.1, -0.05) is 13.8 Å². The Hall–Kier alpha value is -0.120. The SMILES string of the molecule is CCOC(CC)C(N)C(CC)OCC. The molecule has 0 fully saturated rings. The highest BCUT2D eigenvalue weighted by Gasteiger charge is 2.24. The summed E-state index contributed by atoms with van der Waals surface area (Å²) < 4.78 is 11.2. The summed E-state index contributed by atoms with van der Waals surface area (Å²) >= 11 is 0. The van der Waals surface area contributed by atoms with Crippen LogP contribution < -0.4 is 5.73 Å². The largest absolute Gasteiger partial charge is 0.377 e. The van der Waals surface area contributed by atoms with E-state index in [2.05, 4.69) is 13.8 Å². The minimum absolute atomic E-state index is 0.00935. The van der Waals surface area contributed by atoms with Crippen LogP contribution in [-0.2, 0) is 9.47 Å². The summed E-state index contributed by atoms with van der Waals surface area (Å²) in [6.07, 6.45) is 2.13. The zero-order chi connectivity index (χ0) is 11.0. The Morgan fingerprint density at radius 3 is 1.43 bits per heavy atom. The fourth-order valence-electron chi connectivity index (χ4n) is 1.67. The molecule has 0 rings (SSSR count). The second-order valence-corrected chi connectivity index (χ2v) is 3.38. The Morgan fingerprint density at radius 2 is 1.21 bits per heavy atom. The molecule has 0 bridgehead atoms. The molecule has 2 N–H and O–H groups in total. The maximum absolute atomic E-state index is 6.11. The van der Waals surface area contributed by atoms with Crippen molar-refractivity contribution < 1.29 is 9.47 Å². The van der Waals surface area contributed by atoms with Crippen molar-refractivity contribution in [3.05, 3.63) is 0 Å². The lowest BCUT2D eigenvalue weighted by Crippen LogP contribution is -2.46. The van der Waals surface area contributed by atoms with Gasteiger partial charge < -0.3 is 15.2 Å². The van der Waals surface area contributed by atoms with Gasteiger partial charge in [0.05, 0.1) is 18.2 Å². The first-order valence-corrected chi connectivity index (χ1v) is 5.69. The Labute approximate surface area is 88.0 Å². The second kappa shape index (κ2) is 8.21. The van der Waals surface area contributed by atoms with Crippen molar-refractivity contribution in [1.29, 1.82) is 0 Å². The highest BCUT2D eigenvalue weighted by atomic mass is 16.5. The van der Waals surface area contributed by atoms with Gasteiger partial charge in [0.25, 0.3) is 0 Å². The van der Waals surface area contributed by atoms with E-state index in [0.29, 0.717) is 0 Å². The highest BCUT2D eigenvalue weighted by Crippen LogP contribution is 2.11. The van der Waals surface area contributed by atoms with E-state index in [4.69, 9.17) is 15.2 Å². The summed E-state index contributed by atoms with van der Waals surface area (Å²) in [4.78, 5) is 0. The van der Waals surface area contributed by atoms with Crippen molar-refractivity contribution in [3.63, 3.8) is 0 Å². The quantitative estimate of drug-likeness (QED) is 0.655. The summed E-state index contributed by atoms with van der Waals surface area (Å²) in [5, 5.41) is 0. The molecule has 0 aromatic rings. The van der Waals surface area contributed by atoms with Crippen LogP contribution in [0.4, 0.5) is 0 Å². The Morgan fingerprint density at radius 1 is 0.857 bits per heavy atom. The number of nitrogens with two attached hydrogens (primary N) is 1. The molecule has 86 valence electrons. The minimum atomic E-state index is -0.00935. The fraction of sp³-hybridized carbons (Fsp3) is 1.00. The topological polar surface area (TPSA) is 44.5 Å². The molecule has 2 unspecified atom stereocenters. The number of hydrogen-bond donors (Lipinski definition) is 1. The van der Waals surface area contributed by atoms with Gasteiger partial charge in [0.15, 0.2) is 0 Å². The molecule has 3 nitrogen and oxygen atoms in total. The van der Waals surface area contributed by atoms with E-state index in [1.54, 1.807) is 0 Å². The predicted molar refractivity (Wildman–Crippen MR) is 59.4 cm³/mol. The molecule has 0 aliphatic heterocycles. The van der Waals surface area contributed by atoms with Crippen molar-refractivity contribution in [2.24, 2.45) is 5.73 Å². The third-order valence-corrected chi connectivity index (χ3v) is 2.42. The maximum atomic E-state index is 6.11. The Bertz CT molecular complexity index is 116. The smallest absolute Gasteiger partial charge is 0.0748 e. The summed E-state index contributed by atoms with van der Waals surface area (Å²) in [7, 11) is 0. The molecule has 0 amide bonds. The lowest BCUT2D eigenvalue weighted by Gasteiger charge is -2.29. The minimum Gasteiger partial charge on any atom is -0.377 e. The summed E-state index contributed by atoms with van der Waals surface area (Å²) in [6, 6.07) is -0.00935. The van der Waals surface area contributed by atoms with Crippen LogP contribution in [0.25, 0.3) is 0 Å². The molecule has 2 atom stereocenters. The first-order chi connectivity index (χ1) is 6.71. The molecule has 0 radical (unpaired) electrons. The molecule has 14 heavy (non-hydrogen) atoms. The fourth-order valence-corrected chi connectivity index (χ4v) is 1.67. The summed E-state index contributed by atoms with van der Waals surface area (Å²) in [5.74, 6) is 0. The molecule has 0 heterocycles. The van der Waals surface area contributed by atoms with E-state index in [-0.39, 0.29) is 18.2 Å². The van der Waals surface area contributed by atoms with Gasteiger partial charge in [-0.15, -0.1) is 0 Å². The van der Waals surface area contributed by atoms with Crippen molar-refractivity contribution in [2.45, 2.75) is 58.8 Å². The monoisotopic (exact) mass is 203 g/mol. The predicted octanol–water partition coefficient (Wildman–Crippen LogP) is 1.94. The second-order valence-electron chi connectivity index (χ2n) is 3.38. The lowest BCUT2D eigenvalue weighted by atomic mass is 10.0. The van der Waals surface area contributed by atoms with Crippen LogP contribution in [0.5, 0.6) is 0 Å². The van der Waals surface area contributed by atoms with Crippen molar-refractivity contribution >= 4 is 0 Å². The van der Waals surface area contributed by atoms with Crippen molar-refractivity contribution in [3.8, 4) is 0 Å². The third-order valence-electron chi connectivity index (χ3n) is 2.42. The van der Waals surface area contributed by atoms with Crippen molar-refractivity contribution in [2.75, 3.05) is 13.2 Å². The number of hydrogen-bond acceptors (Lipinski definition) is 3. The van der Waals surface area contributed by atoms with Gasteiger partial charge >= 0.3 is 0 Å². The average Bonchev–Trinajstić information content (AvgIpc) is 2.21. The summed E-state index contributed by atoms with van der Waals surface area (Å²) in [6.45, 7) is 9.62. The average molecular weight is 203 g/mol. The normalized spacial score (nSPS) is 17.8. The molecule has 3 heteroatoms. The van der Waals surface area contributed by atoms with Crippen LogP contribution >= 0.6 is 0 Å². The molecule has 0 aromatic heterocycles. The van der Waals surface area contributed by atoms with E-state index < -0.39 is 0 Å². The van der Waals surface area contributed by atoms with Gasteiger partial charge in [0.2, 0.25) is 0 Å². The van der Waals surface area contributed by atoms with Gasteiger partial charge in [-0.3, -0.25) is 0 Å². The van der Waals surface area contributed by atoms with Gasteiger partial charge in [-0.2, -0.15) is 0 Å². The van der Waals surface area contributed by atoms with Gasteiger partial charge in [0, 0.05) is 13.2 Å². The van der Waals surface area contributed by atoms with Crippen molar-refractivity contribution in [1.82, 2.24) is 0 Å². The zero-order valence-corrected chi connectivity index (χ0v) is 9.95. The molecule has 0 aromatic carbocycles. The molecular formula is C11H25NO2. The standard InChI is InChI=1S/C11H25NO2/c1-5-9(13-7-3)11(12)10(6-2)14-8-4/h9-11H,5-8,12H2,1-4H3. The molecule has 0 saturated carbocycles. The summed E-state index contributed by atoms with van der Waals surface area (Å²) in [5.41, 5.74) is 6.11. The van der Waals surface area contributed by atoms with Gasteiger partial charge in [0.1, 0.15) is 0 Å². The van der Waals surface area contributed by atoms with Crippen LogP contribution in [-0.4, -0.2) is 31.5 Å². The molecule has 0 aliphatic rings. The van der Waals surface area contributed by atoms with Crippen LogP contribution in [0.1, 0.15) is 40.5 Å².